The van der Waals surface area contributed by atoms with Crippen molar-refractivity contribution >= 4 is 22.9 Å². The lowest BCUT2D eigenvalue weighted by Gasteiger charge is -2.10. The number of amides is 3. The molecule has 0 atom stereocenters. The molecule has 7 nitrogen and oxygen atoms in total. The van der Waals surface area contributed by atoms with Crippen LogP contribution < -0.4 is 20.8 Å². The number of hydrogen-bond donors (Lipinski definition) is 2. The topological polar surface area (TPSA) is 97.6 Å². The van der Waals surface area contributed by atoms with E-state index in [9.17, 15) is 14.4 Å². The van der Waals surface area contributed by atoms with Crippen LogP contribution >= 0.6 is 0 Å². The lowest BCUT2D eigenvalue weighted by Crippen LogP contribution is -2.41. The monoisotopic (exact) mass is 408 g/mol. The second kappa shape index (κ2) is 9.73. The van der Waals surface area contributed by atoms with E-state index in [1.165, 1.54) is 0 Å². The van der Waals surface area contributed by atoms with Crippen LogP contribution in [0.3, 0.4) is 0 Å². The lowest BCUT2D eigenvalue weighted by molar-refractivity contribution is -0.122. The van der Waals surface area contributed by atoms with Crippen LogP contribution in [0.4, 0.5) is 4.79 Å². The maximum absolute atomic E-state index is 12.9. The van der Waals surface area contributed by atoms with Crippen molar-refractivity contribution in [2.75, 3.05) is 13.2 Å². The standard InChI is InChI=1S/C23H24N2O5/c1-3-4-12-24-23(28)25-20(26)14-29-17-10-11-18-19(13-17)30-15(2)21(22(18)27)16-8-6-5-7-9-16/h5-11,13H,3-4,12,14H2,1-2H3,(H2,24,25,26,28). The molecule has 0 aliphatic carbocycles. The van der Waals surface area contributed by atoms with Gasteiger partial charge in [0.1, 0.15) is 17.1 Å². The normalized spacial score (nSPS) is 10.6. The molecule has 7 heteroatoms. The zero-order valence-electron chi connectivity index (χ0n) is 17.0. The van der Waals surface area contributed by atoms with Crippen LogP contribution in [-0.4, -0.2) is 25.1 Å². The number of hydrogen-bond acceptors (Lipinski definition) is 5. The number of fused-ring (bicyclic) bond motifs is 1. The van der Waals surface area contributed by atoms with Gasteiger partial charge in [0.05, 0.1) is 10.9 Å². The van der Waals surface area contributed by atoms with Gasteiger partial charge in [0, 0.05) is 12.6 Å². The minimum atomic E-state index is -0.568. The maximum atomic E-state index is 12.9. The van der Waals surface area contributed by atoms with Crippen molar-refractivity contribution in [3.8, 4) is 16.9 Å². The van der Waals surface area contributed by atoms with Crippen molar-refractivity contribution in [2.45, 2.75) is 26.7 Å². The third-order valence-corrected chi connectivity index (χ3v) is 4.54. The van der Waals surface area contributed by atoms with Gasteiger partial charge < -0.3 is 14.5 Å². The molecule has 1 aromatic heterocycles. The maximum Gasteiger partial charge on any atom is 0.321 e. The molecule has 0 unspecified atom stereocenters. The fourth-order valence-corrected chi connectivity index (χ4v) is 3.05. The Labute approximate surface area is 174 Å². The predicted octanol–water partition coefficient (Wildman–Crippen LogP) is 3.77. The molecule has 0 aliphatic rings. The summed E-state index contributed by atoms with van der Waals surface area (Å²) >= 11 is 0. The first-order valence-electron chi connectivity index (χ1n) is 9.83. The predicted molar refractivity (Wildman–Crippen MR) is 115 cm³/mol. The van der Waals surface area contributed by atoms with Gasteiger partial charge in [-0.25, -0.2) is 4.79 Å². The van der Waals surface area contributed by atoms with Crippen LogP contribution in [0, 0.1) is 6.92 Å². The number of imide groups is 1. The third kappa shape index (κ3) is 5.05. The van der Waals surface area contributed by atoms with Crippen molar-refractivity contribution < 1.29 is 18.7 Å². The molecular weight excluding hydrogens is 384 g/mol. The van der Waals surface area contributed by atoms with Crippen LogP contribution in [0.5, 0.6) is 5.75 Å². The zero-order valence-corrected chi connectivity index (χ0v) is 17.0. The van der Waals surface area contributed by atoms with E-state index in [1.54, 1.807) is 25.1 Å². The van der Waals surface area contributed by atoms with Gasteiger partial charge in [-0.1, -0.05) is 43.7 Å². The number of carbonyl (C=O) groups is 2. The molecule has 3 amide bonds. The van der Waals surface area contributed by atoms with Crippen molar-refractivity contribution in [3.63, 3.8) is 0 Å². The van der Waals surface area contributed by atoms with Gasteiger partial charge in [-0.2, -0.15) is 0 Å². The molecule has 0 fully saturated rings. The number of urea groups is 1. The van der Waals surface area contributed by atoms with Crippen LogP contribution in [0.15, 0.2) is 57.7 Å². The van der Waals surface area contributed by atoms with Crippen molar-refractivity contribution in [3.05, 3.63) is 64.5 Å². The van der Waals surface area contributed by atoms with E-state index in [0.29, 0.717) is 34.6 Å². The molecule has 0 saturated heterocycles. The Morgan fingerprint density at radius 1 is 1.10 bits per heavy atom. The van der Waals surface area contributed by atoms with E-state index in [0.717, 1.165) is 18.4 Å². The molecule has 0 spiro atoms. The number of nitrogens with one attached hydrogen (secondary N) is 2. The number of rotatable bonds is 7. The molecule has 0 aliphatic heterocycles. The van der Waals surface area contributed by atoms with E-state index in [1.807, 2.05) is 37.3 Å². The number of unbranched alkanes of at least 4 members (excludes halogenated alkanes) is 1. The Hall–Kier alpha value is -3.61. The first kappa shape index (κ1) is 21.1. The first-order chi connectivity index (χ1) is 14.5. The summed E-state index contributed by atoms with van der Waals surface area (Å²) in [5.74, 6) is 0.289. The molecule has 1 heterocycles. The summed E-state index contributed by atoms with van der Waals surface area (Å²) in [7, 11) is 0. The van der Waals surface area contributed by atoms with E-state index in [2.05, 4.69) is 10.6 Å². The van der Waals surface area contributed by atoms with E-state index in [-0.39, 0.29) is 12.0 Å². The van der Waals surface area contributed by atoms with Crippen LogP contribution in [0.2, 0.25) is 0 Å². The Balaban J connectivity index is 1.71. The second-order valence-electron chi connectivity index (χ2n) is 6.83. The SMILES string of the molecule is CCCCNC(=O)NC(=O)COc1ccc2c(=O)c(-c3ccccc3)c(C)oc2c1. The molecule has 3 aromatic rings. The minimum Gasteiger partial charge on any atom is -0.484 e. The van der Waals surface area contributed by atoms with Crippen LogP contribution in [0.1, 0.15) is 25.5 Å². The molecule has 0 bridgehead atoms. The zero-order chi connectivity index (χ0) is 21.5. The number of aryl methyl sites for hydroxylation is 1. The van der Waals surface area contributed by atoms with Gasteiger partial charge in [-0.15, -0.1) is 0 Å². The minimum absolute atomic E-state index is 0.131. The van der Waals surface area contributed by atoms with E-state index >= 15 is 0 Å². The highest BCUT2D eigenvalue weighted by Gasteiger charge is 2.14. The molecule has 2 N–H and O–H groups in total. The highest BCUT2D eigenvalue weighted by molar-refractivity contribution is 5.95. The summed E-state index contributed by atoms with van der Waals surface area (Å²) in [6.07, 6.45) is 1.79. The molecule has 0 saturated carbocycles. The number of ether oxygens (including phenoxy) is 1. The van der Waals surface area contributed by atoms with Crippen molar-refractivity contribution in [1.82, 2.24) is 10.6 Å². The molecule has 3 rings (SSSR count). The fraction of sp³-hybridized carbons (Fsp3) is 0.261. The second-order valence-corrected chi connectivity index (χ2v) is 6.83. The fourth-order valence-electron chi connectivity index (χ4n) is 3.05. The van der Waals surface area contributed by atoms with Crippen LogP contribution in [-0.2, 0) is 4.79 Å². The summed E-state index contributed by atoms with van der Waals surface area (Å²) in [6.45, 7) is 3.91. The van der Waals surface area contributed by atoms with Gasteiger partial charge >= 0.3 is 6.03 Å². The van der Waals surface area contributed by atoms with Crippen molar-refractivity contribution in [1.29, 1.82) is 0 Å². The summed E-state index contributed by atoms with van der Waals surface area (Å²) in [5.41, 5.74) is 1.55. The molecule has 2 aromatic carbocycles. The number of benzene rings is 2. The Morgan fingerprint density at radius 2 is 1.87 bits per heavy atom. The van der Waals surface area contributed by atoms with E-state index in [4.69, 9.17) is 9.15 Å². The van der Waals surface area contributed by atoms with Gasteiger partial charge in [-0.3, -0.25) is 14.9 Å². The molecular formula is C23H24N2O5. The van der Waals surface area contributed by atoms with E-state index < -0.39 is 11.9 Å². The summed E-state index contributed by atoms with van der Waals surface area (Å²) in [4.78, 5) is 36.4. The largest absolute Gasteiger partial charge is 0.484 e. The molecule has 156 valence electrons. The van der Waals surface area contributed by atoms with Gasteiger partial charge in [-0.05, 0) is 31.0 Å². The Morgan fingerprint density at radius 3 is 2.60 bits per heavy atom. The Kier molecular flexibility index (Phi) is 6.85. The highest BCUT2D eigenvalue weighted by Crippen LogP contribution is 2.26. The first-order valence-corrected chi connectivity index (χ1v) is 9.83. The summed E-state index contributed by atoms with van der Waals surface area (Å²) in [5, 5.41) is 5.22. The average Bonchev–Trinajstić information content (AvgIpc) is 2.73. The average molecular weight is 408 g/mol. The summed E-state index contributed by atoms with van der Waals surface area (Å²) in [6, 6.07) is 13.6. The smallest absolute Gasteiger partial charge is 0.321 e. The molecule has 30 heavy (non-hydrogen) atoms. The number of carbonyl (C=O) groups excluding carboxylic acids is 2. The van der Waals surface area contributed by atoms with Gasteiger partial charge in [0.25, 0.3) is 5.91 Å². The quantitative estimate of drug-likeness (QED) is 0.580. The molecule has 0 radical (unpaired) electrons. The third-order valence-electron chi connectivity index (χ3n) is 4.54. The van der Waals surface area contributed by atoms with Gasteiger partial charge in [0.2, 0.25) is 5.43 Å². The lowest BCUT2D eigenvalue weighted by atomic mass is 10.0. The Bertz CT molecular complexity index is 1110. The van der Waals surface area contributed by atoms with Gasteiger partial charge in [0.15, 0.2) is 6.61 Å². The van der Waals surface area contributed by atoms with Crippen LogP contribution in [0.25, 0.3) is 22.1 Å². The highest BCUT2D eigenvalue weighted by atomic mass is 16.5. The van der Waals surface area contributed by atoms with Crippen molar-refractivity contribution in [2.24, 2.45) is 0 Å². The summed E-state index contributed by atoms with van der Waals surface area (Å²) < 4.78 is 11.3.